The molecule has 0 aromatic heterocycles. The van der Waals surface area contributed by atoms with Crippen LogP contribution in [-0.4, -0.2) is 37.2 Å². The third kappa shape index (κ3) is 6.80. The Kier molecular flexibility index (Phi) is 8.78. The zero-order valence-corrected chi connectivity index (χ0v) is 22.6. The molecule has 3 aromatic rings. The van der Waals surface area contributed by atoms with Gasteiger partial charge in [-0.25, -0.2) is 0 Å². The molecule has 1 unspecified atom stereocenters. The number of fused-ring (bicyclic) bond motifs is 1. The number of methoxy groups -OCH3 is 1. The summed E-state index contributed by atoms with van der Waals surface area (Å²) in [5, 5.41) is 12.5. The van der Waals surface area contributed by atoms with Crippen molar-refractivity contribution < 1.29 is 37.3 Å². The molecule has 0 spiro atoms. The number of ether oxygens (including phenoxy) is 2. The van der Waals surface area contributed by atoms with Gasteiger partial charge in [0, 0.05) is 47.6 Å². The molecule has 40 heavy (non-hydrogen) atoms. The van der Waals surface area contributed by atoms with Crippen LogP contribution in [0.25, 0.3) is 0 Å². The van der Waals surface area contributed by atoms with E-state index < -0.39 is 29.7 Å². The molecule has 1 atom stereocenters. The molecule has 1 heterocycles. The Morgan fingerprint density at radius 2 is 1.80 bits per heavy atom. The summed E-state index contributed by atoms with van der Waals surface area (Å²) in [6.07, 6.45) is -3.86. The number of hydrogen-bond donors (Lipinski definition) is 2. The number of anilines is 2. The summed E-state index contributed by atoms with van der Waals surface area (Å²) in [7, 11) is 1.47. The lowest BCUT2D eigenvalue weighted by Gasteiger charge is -2.27. The summed E-state index contributed by atoms with van der Waals surface area (Å²) >= 11 is 6.08. The van der Waals surface area contributed by atoms with Crippen LogP contribution >= 0.6 is 11.6 Å². The molecule has 1 amide bonds. The lowest BCUT2D eigenvalue weighted by Crippen LogP contribution is -2.37. The zero-order chi connectivity index (χ0) is 29.0. The Morgan fingerprint density at radius 3 is 2.45 bits per heavy atom. The number of carbonyl (C=O) groups is 2. The number of rotatable bonds is 10. The van der Waals surface area contributed by atoms with Crippen molar-refractivity contribution in [2.75, 3.05) is 30.5 Å². The highest BCUT2D eigenvalue weighted by Gasteiger charge is 2.37. The number of nitrogens with one attached hydrogen (secondary N) is 1. The van der Waals surface area contributed by atoms with E-state index in [9.17, 15) is 22.8 Å². The second-order valence-corrected chi connectivity index (χ2v) is 9.84. The lowest BCUT2D eigenvalue weighted by molar-refractivity contribution is -0.138. The van der Waals surface area contributed by atoms with Gasteiger partial charge in [-0.2, -0.15) is 13.2 Å². The van der Waals surface area contributed by atoms with Crippen LogP contribution in [0.15, 0.2) is 54.6 Å². The number of hydrogen-bond acceptors (Lipinski definition) is 5. The van der Waals surface area contributed by atoms with Gasteiger partial charge in [-0.15, -0.1) is 0 Å². The Balaban J connectivity index is 1.67. The molecule has 212 valence electrons. The smallest absolute Gasteiger partial charge is 0.416 e. The maximum Gasteiger partial charge on any atom is 0.416 e. The van der Waals surface area contributed by atoms with E-state index in [-0.39, 0.29) is 25.3 Å². The van der Waals surface area contributed by atoms with E-state index >= 15 is 0 Å². The first kappa shape index (κ1) is 29.1. The molecular weight excluding hydrogens is 549 g/mol. The molecule has 7 nitrogen and oxygen atoms in total. The van der Waals surface area contributed by atoms with Gasteiger partial charge in [0.1, 0.15) is 17.5 Å². The number of amides is 1. The average molecular weight is 577 g/mol. The Bertz CT molecular complexity index is 1400. The van der Waals surface area contributed by atoms with Gasteiger partial charge in [0.2, 0.25) is 0 Å². The number of carboxylic acids is 1. The van der Waals surface area contributed by atoms with Gasteiger partial charge in [0.05, 0.1) is 19.3 Å². The topological polar surface area (TPSA) is 88.1 Å². The van der Waals surface area contributed by atoms with Crippen molar-refractivity contribution in [2.45, 2.75) is 38.4 Å². The standard InChI is InChI=1S/C29H28ClF3N2O5/c1-17-12-19(29(31,32)33)13-25-24(17)9-10-35(25)28(38)27(18-5-7-20(30)8-6-18)34-21-14-22(39-2)16-23(15-21)40-11-3-4-26(36)37/h5-8,12-16,27,34H,3-4,9-11H2,1-2H3,(H,36,37). The van der Waals surface area contributed by atoms with E-state index in [1.54, 1.807) is 49.4 Å². The fourth-order valence-corrected chi connectivity index (χ4v) is 4.76. The van der Waals surface area contributed by atoms with E-state index in [4.69, 9.17) is 26.2 Å². The third-order valence-electron chi connectivity index (χ3n) is 6.60. The Hall–Kier alpha value is -3.92. The molecule has 0 saturated heterocycles. The largest absolute Gasteiger partial charge is 0.497 e. The van der Waals surface area contributed by atoms with E-state index in [0.29, 0.717) is 51.7 Å². The van der Waals surface area contributed by atoms with Crippen LogP contribution in [0.5, 0.6) is 11.5 Å². The first-order valence-corrected chi connectivity index (χ1v) is 12.9. The van der Waals surface area contributed by atoms with Gasteiger partial charge in [0.15, 0.2) is 0 Å². The zero-order valence-electron chi connectivity index (χ0n) is 21.8. The number of carbonyl (C=O) groups excluding carboxylic acids is 1. The van der Waals surface area contributed by atoms with Crippen molar-refractivity contribution in [1.29, 1.82) is 0 Å². The Morgan fingerprint density at radius 1 is 1.10 bits per heavy atom. The summed E-state index contributed by atoms with van der Waals surface area (Å²) in [6, 6.07) is 12.7. The maximum atomic E-state index is 14.0. The van der Waals surface area contributed by atoms with Gasteiger partial charge in [0.25, 0.3) is 5.91 Å². The second kappa shape index (κ2) is 12.1. The summed E-state index contributed by atoms with van der Waals surface area (Å²) in [6.45, 7) is 2.01. The van der Waals surface area contributed by atoms with Crippen molar-refractivity contribution in [3.8, 4) is 11.5 Å². The average Bonchev–Trinajstić information content (AvgIpc) is 3.34. The number of nitrogens with zero attached hydrogens (tertiary/aromatic N) is 1. The number of carboxylic acid groups (broad SMARTS) is 1. The summed E-state index contributed by atoms with van der Waals surface area (Å²) in [4.78, 5) is 26.2. The molecule has 2 N–H and O–H groups in total. The molecule has 0 fully saturated rings. The van der Waals surface area contributed by atoms with Gasteiger partial charge >= 0.3 is 12.1 Å². The molecule has 1 aliphatic heterocycles. The van der Waals surface area contributed by atoms with Crippen molar-refractivity contribution in [3.63, 3.8) is 0 Å². The predicted molar refractivity (Wildman–Crippen MR) is 145 cm³/mol. The summed E-state index contributed by atoms with van der Waals surface area (Å²) < 4.78 is 51.9. The maximum absolute atomic E-state index is 14.0. The minimum Gasteiger partial charge on any atom is -0.497 e. The van der Waals surface area contributed by atoms with Crippen LogP contribution in [0.2, 0.25) is 5.02 Å². The number of benzene rings is 3. The van der Waals surface area contributed by atoms with Crippen molar-refractivity contribution in [3.05, 3.63) is 81.9 Å². The molecule has 1 aliphatic rings. The number of halogens is 4. The van der Waals surface area contributed by atoms with Crippen molar-refractivity contribution in [1.82, 2.24) is 0 Å². The van der Waals surface area contributed by atoms with Crippen molar-refractivity contribution >= 4 is 34.9 Å². The molecule has 0 saturated carbocycles. The van der Waals surface area contributed by atoms with E-state index in [0.717, 1.165) is 12.1 Å². The second-order valence-electron chi connectivity index (χ2n) is 9.40. The molecule has 0 aliphatic carbocycles. The fraction of sp³-hybridized carbons (Fsp3) is 0.310. The predicted octanol–water partition coefficient (Wildman–Crippen LogP) is 6.66. The monoisotopic (exact) mass is 576 g/mol. The normalized spacial score (nSPS) is 13.5. The van der Waals surface area contributed by atoms with Gasteiger partial charge in [-0.05, 0) is 60.7 Å². The molecule has 4 rings (SSSR count). The van der Waals surface area contributed by atoms with Gasteiger partial charge < -0.3 is 24.8 Å². The first-order chi connectivity index (χ1) is 19.0. The van der Waals surface area contributed by atoms with Gasteiger partial charge in [-0.1, -0.05) is 23.7 Å². The molecule has 3 aromatic carbocycles. The van der Waals surface area contributed by atoms with Crippen LogP contribution in [0, 0.1) is 6.92 Å². The number of aliphatic carboxylic acids is 1. The van der Waals surface area contributed by atoms with E-state index in [1.165, 1.54) is 12.0 Å². The van der Waals surface area contributed by atoms with E-state index in [2.05, 4.69) is 5.32 Å². The van der Waals surface area contributed by atoms with Crippen LogP contribution in [0.1, 0.15) is 41.1 Å². The highest BCUT2D eigenvalue weighted by molar-refractivity contribution is 6.30. The minimum absolute atomic E-state index is 0.0466. The molecule has 11 heteroatoms. The van der Waals surface area contributed by atoms with Crippen LogP contribution in [0.3, 0.4) is 0 Å². The Labute approximate surface area is 234 Å². The highest BCUT2D eigenvalue weighted by Crippen LogP contribution is 2.40. The molecular formula is C29H28ClF3N2O5. The van der Waals surface area contributed by atoms with Crippen LogP contribution in [0.4, 0.5) is 24.5 Å². The summed E-state index contributed by atoms with van der Waals surface area (Å²) in [5.41, 5.74) is 1.63. The molecule has 0 radical (unpaired) electrons. The lowest BCUT2D eigenvalue weighted by atomic mass is 10.0. The van der Waals surface area contributed by atoms with E-state index in [1.807, 2.05) is 0 Å². The number of alkyl halides is 3. The van der Waals surface area contributed by atoms with Crippen LogP contribution in [-0.2, 0) is 22.2 Å². The fourth-order valence-electron chi connectivity index (χ4n) is 4.64. The quantitative estimate of drug-likeness (QED) is 0.262. The molecule has 0 bridgehead atoms. The first-order valence-electron chi connectivity index (χ1n) is 12.5. The SMILES string of the molecule is COc1cc(NC(C(=O)N2CCc3c(C)cc(C(F)(F)F)cc32)c2ccc(Cl)cc2)cc(OCCCC(=O)O)c1. The van der Waals surface area contributed by atoms with Gasteiger partial charge in [-0.3, -0.25) is 9.59 Å². The highest BCUT2D eigenvalue weighted by atomic mass is 35.5. The van der Waals surface area contributed by atoms with Crippen molar-refractivity contribution in [2.24, 2.45) is 0 Å². The van der Waals surface area contributed by atoms with Crippen LogP contribution < -0.4 is 19.7 Å². The minimum atomic E-state index is -4.55. The third-order valence-corrected chi connectivity index (χ3v) is 6.85. The number of aryl methyl sites for hydroxylation is 1. The summed E-state index contributed by atoms with van der Waals surface area (Å²) in [5.74, 6) is -0.544.